The number of nitrogens with zero attached hydrogens (tertiary/aromatic N) is 2. The van der Waals surface area contributed by atoms with Crippen LogP contribution in [0.5, 0.6) is 5.75 Å². The molecule has 1 atom stereocenters. The molecule has 2 aromatic rings. The Balaban J connectivity index is 1.66. The van der Waals surface area contributed by atoms with Gasteiger partial charge in [0.25, 0.3) is 5.91 Å². The first-order valence-electron chi connectivity index (χ1n) is 7.58. The van der Waals surface area contributed by atoms with E-state index in [1.165, 1.54) is 11.9 Å². The van der Waals surface area contributed by atoms with Crippen molar-refractivity contribution in [3.05, 3.63) is 30.0 Å². The van der Waals surface area contributed by atoms with Gasteiger partial charge in [0.1, 0.15) is 5.75 Å². The third-order valence-corrected chi connectivity index (χ3v) is 4.15. The summed E-state index contributed by atoms with van der Waals surface area (Å²) < 4.78 is 16.2. The van der Waals surface area contributed by atoms with Gasteiger partial charge < -0.3 is 19.3 Å². The number of nitrogens with one attached hydrogen (secondary N) is 1. The zero-order valence-corrected chi connectivity index (χ0v) is 12.9. The molecule has 8 heteroatoms. The van der Waals surface area contributed by atoms with Gasteiger partial charge >= 0.3 is 6.09 Å². The minimum Gasteiger partial charge on any atom is -0.492 e. The van der Waals surface area contributed by atoms with Crippen LogP contribution in [0.4, 0.5) is 10.5 Å². The maximum absolute atomic E-state index is 12.1. The van der Waals surface area contributed by atoms with Gasteiger partial charge in [0.2, 0.25) is 0 Å². The molecule has 0 aliphatic carbocycles. The van der Waals surface area contributed by atoms with Gasteiger partial charge in [-0.1, -0.05) is 5.16 Å². The lowest BCUT2D eigenvalue weighted by Gasteiger charge is -2.15. The van der Waals surface area contributed by atoms with Crippen LogP contribution in [0.15, 0.2) is 28.9 Å². The summed E-state index contributed by atoms with van der Waals surface area (Å²) in [5.74, 6) is 0.962. The first kappa shape index (κ1) is 14.6. The summed E-state index contributed by atoms with van der Waals surface area (Å²) in [6.45, 7) is 0.654. The lowest BCUT2D eigenvalue weighted by atomic mass is 10.1. The van der Waals surface area contributed by atoms with Crippen LogP contribution in [-0.4, -0.2) is 43.5 Å². The molecule has 0 unspecified atom stereocenters. The predicted octanol–water partition coefficient (Wildman–Crippen LogP) is 1.35. The average Bonchev–Trinajstić information content (AvgIpc) is 3.17. The zero-order chi connectivity index (χ0) is 16.7. The molecule has 3 heterocycles. The van der Waals surface area contributed by atoms with Gasteiger partial charge in [0.05, 0.1) is 30.6 Å². The van der Waals surface area contributed by atoms with Crippen LogP contribution < -0.4 is 15.0 Å². The van der Waals surface area contributed by atoms with Crippen molar-refractivity contribution in [3.8, 4) is 17.1 Å². The van der Waals surface area contributed by atoms with Crippen molar-refractivity contribution in [2.75, 3.05) is 25.1 Å². The van der Waals surface area contributed by atoms with E-state index in [1.54, 1.807) is 18.3 Å². The molecule has 1 aromatic carbocycles. The number of fused-ring (bicyclic) bond motifs is 3. The fourth-order valence-electron chi connectivity index (χ4n) is 2.89. The molecule has 0 radical (unpaired) electrons. The fraction of sp³-hybridized carbons (Fsp3) is 0.312. The molecule has 2 amide bonds. The van der Waals surface area contributed by atoms with Crippen molar-refractivity contribution >= 4 is 17.7 Å². The SMILES string of the molecule is CNC(=O)[C@H]1CN(c2ccc3c(c2)OCCc2cnoc2-3)C(=O)O1. The molecule has 4 rings (SSSR count). The summed E-state index contributed by atoms with van der Waals surface area (Å²) in [6.07, 6.45) is 1.02. The number of ether oxygens (including phenoxy) is 2. The van der Waals surface area contributed by atoms with Gasteiger partial charge in [-0.25, -0.2) is 4.79 Å². The minimum atomic E-state index is -0.817. The van der Waals surface area contributed by atoms with Crippen molar-refractivity contribution in [1.82, 2.24) is 10.5 Å². The van der Waals surface area contributed by atoms with Crippen LogP contribution in [0.1, 0.15) is 5.56 Å². The van der Waals surface area contributed by atoms with E-state index in [9.17, 15) is 9.59 Å². The average molecular weight is 329 g/mol. The number of cyclic esters (lactones) is 1. The van der Waals surface area contributed by atoms with E-state index < -0.39 is 12.2 Å². The third-order valence-electron chi connectivity index (χ3n) is 4.15. The van der Waals surface area contributed by atoms with E-state index in [0.29, 0.717) is 30.2 Å². The van der Waals surface area contributed by atoms with Gasteiger partial charge in [-0.05, 0) is 12.1 Å². The molecule has 1 aromatic heterocycles. The van der Waals surface area contributed by atoms with E-state index in [0.717, 1.165) is 11.1 Å². The van der Waals surface area contributed by atoms with E-state index in [-0.39, 0.29) is 12.5 Å². The first-order chi connectivity index (χ1) is 11.7. The molecule has 1 saturated heterocycles. The highest BCUT2D eigenvalue weighted by molar-refractivity contribution is 5.96. The molecular formula is C16H15N3O5. The van der Waals surface area contributed by atoms with Crippen LogP contribution in [0.25, 0.3) is 11.3 Å². The Bertz CT molecular complexity index is 816. The molecule has 24 heavy (non-hydrogen) atoms. The van der Waals surface area contributed by atoms with Crippen molar-refractivity contribution in [1.29, 1.82) is 0 Å². The number of carbonyl (C=O) groups is 2. The number of likely N-dealkylation sites (N-methyl/N-ethyl adjacent to an activating group) is 1. The number of amides is 2. The molecule has 1 fully saturated rings. The summed E-state index contributed by atoms with van der Waals surface area (Å²) >= 11 is 0. The van der Waals surface area contributed by atoms with Gasteiger partial charge in [-0.3, -0.25) is 9.69 Å². The summed E-state index contributed by atoms with van der Waals surface area (Å²) in [5, 5.41) is 6.31. The van der Waals surface area contributed by atoms with E-state index in [2.05, 4.69) is 10.5 Å². The van der Waals surface area contributed by atoms with E-state index in [1.807, 2.05) is 6.07 Å². The Labute approximate surface area is 137 Å². The lowest BCUT2D eigenvalue weighted by Crippen LogP contribution is -2.35. The highest BCUT2D eigenvalue weighted by atomic mass is 16.6. The lowest BCUT2D eigenvalue weighted by molar-refractivity contribution is -0.127. The standard InChI is InChI=1S/C16H15N3O5/c1-17-15(20)13-8-19(16(21)23-13)10-2-3-11-12(6-10)22-5-4-9-7-18-24-14(9)11/h2-3,6-7,13H,4-5,8H2,1H3,(H,17,20)/t13-/m1/s1. The molecule has 8 nitrogen and oxygen atoms in total. The quantitative estimate of drug-likeness (QED) is 0.894. The van der Waals surface area contributed by atoms with Crippen LogP contribution in [0.3, 0.4) is 0 Å². The Morgan fingerprint density at radius 3 is 3.12 bits per heavy atom. The van der Waals surface area contributed by atoms with Crippen molar-refractivity contribution < 1.29 is 23.6 Å². The topological polar surface area (TPSA) is 93.9 Å². The summed E-state index contributed by atoms with van der Waals surface area (Å²) in [6, 6.07) is 5.34. The number of hydrogen-bond donors (Lipinski definition) is 1. The number of rotatable bonds is 2. The molecule has 0 saturated carbocycles. The van der Waals surface area contributed by atoms with Gasteiger partial charge in [-0.2, -0.15) is 0 Å². The van der Waals surface area contributed by atoms with Crippen LogP contribution in [0.2, 0.25) is 0 Å². The summed E-state index contributed by atoms with van der Waals surface area (Å²) in [7, 11) is 1.50. The highest BCUT2D eigenvalue weighted by Gasteiger charge is 2.37. The molecule has 2 aliphatic rings. The highest BCUT2D eigenvalue weighted by Crippen LogP contribution is 2.38. The molecule has 1 N–H and O–H groups in total. The molecular weight excluding hydrogens is 314 g/mol. The maximum Gasteiger partial charge on any atom is 0.415 e. The van der Waals surface area contributed by atoms with Crippen molar-refractivity contribution in [2.45, 2.75) is 12.5 Å². The number of hydrogen-bond acceptors (Lipinski definition) is 6. The molecule has 0 spiro atoms. The second-order valence-corrected chi connectivity index (χ2v) is 5.56. The predicted molar refractivity (Wildman–Crippen MR) is 82.8 cm³/mol. The van der Waals surface area contributed by atoms with Crippen LogP contribution >= 0.6 is 0 Å². The molecule has 2 aliphatic heterocycles. The Morgan fingerprint density at radius 2 is 2.29 bits per heavy atom. The number of aromatic nitrogens is 1. The maximum atomic E-state index is 12.1. The Hall–Kier alpha value is -3.03. The Morgan fingerprint density at radius 1 is 1.42 bits per heavy atom. The Kier molecular flexibility index (Phi) is 3.37. The largest absolute Gasteiger partial charge is 0.492 e. The number of anilines is 1. The number of benzene rings is 1. The normalized spacial score (nSPS) is 19.0. The van der Waals surface area contributed by atoms with Crippen molar-refractivity contribution in [3.63, 3.8) is 0 Å². The first-order valence-corrected chi connectivity index (χ1v) is 7.58. The van der Waals surface area contributed by atoms with E-state index >= 15 is 0 Å². The van der Waals surface area contributed by atoms with Crippen molar-refractivity contribution in [2.24, 2.45) is 0 Å². The third kappa shape index (κ3) is 2.27. The zero-order valence-electron chi connectivity index (χ0n) is 12.9. The fourth-order valence-corrected chi connectivity index (χ4v) is 2.89. The minimum absolute atomic E-state index is 0.158. The van der Waals surface area contributed by atoms with Gasteiger partial charge in [-0.15, -0.1) is 0 Å². The monoisotopic (exact) mass is 329 g/mol. The molecule has 0 bridgehead atoms. The smallest absolute Gasteiger partial charge is 0.415 e. The summed E-state index contributed by atoms with van der Waals surface area (Å²) in [4.78, 5) is 25.1. The van der Waals surface area contributed by atoms with Gasteiger partial charge in [0, 0.05) is 25.1 Å². The number of carbonyl (C=O) groups excluding carboxylic acids is 2. The van der Waals surface area contributed by atoms with E-state index in [4.69, 9.17) is 14.0 Å². The van der Waals surface area contributed by atoms with Gasteiger partial charge in [0.15, 0.2) is 11.9 Å². The van der Waals surface area contributed by atoms with Crippen LogP contribution in [-0.2, 0) is 16.0 Å². The summed E-state index contributed by atoms with van der Waals surface area (Å²) in [5.41, 5.74) is 2.38. The second kappa shape index (κ2) is 5.55. The molecule has 124 valence electrons. The second-order valence-electron chi connectivity index (χ2n) is 5.56. The van der Waals surface area contributed by atoms with Crippen LogP contribution in [0, 0.1) is 0 Å².